The molecule has 6 heteroatoms. The summed E-state index contributed by atoms with van der Waals surface area (Å²) < 4.78 is 27.4. The van der Waals surface area contributed by atoms with Gasteiger partial charge in [-0.15, -0.1) is 0 Å². The van der Waals surface area contributed by atoms with Crippen LogP contribution in [0.2, 0.25) is 0 Å². The van der Waals surface area contributed by atoms with Gasteiger partial charge in [0.1, 0.15) is 0 Å². The lowest BCUT2D eigenvalue weighted by molar-refractivity contribution is 0.599. The summed E-state index contributed by atoms with van der Waals surface area (Å²) in [6, 6.07) is 5.40. The minimum atomic E-state index is -3.68. The molecular weight excluding hydrogens is 274 g/mol. The van der Waals surface area contributed by atoms with Crippen molar-refractivity contribution >= 4 is 16.0 Å². The molecule has 0 saturated heterocycles. The third-order valence-corrected chi connectivity index (χ3v) is 4.53. The molecule has 0 saturated carbocycles. The number of aromatic nitrogens is 2. The molecule has 0 fully saturated rings. The van der Waals surface area contributed by atoms with E-state index in [2.05, 4.69) is 14.7 Å². The first-order chi connectivity index (χ1) is 9.29. The van der Waals surface area contributed by atoms with Gasteiger partial charge in [-0.25, -0.2) is 23.1 Å². The van der Waals surface area contributed by atoms with E-state index in [0.717, 1.165) is 5.56 Å². The number of anilines is 1. The summed E-state index contributed by atoms with van der Waals surface area (Å²) in [5, 5.41) is 0. The van der Waals surface area contributed by atoms with Gasteiger partial charge >= 0.3 is 0 Å². The van der Waals surface area contributed by atoms with Gasteiger partial charge in [0.05, 0.1) is 4.90 Å². The number of benzene rings is 1. The van der Waals surface area contributed by atoms with Crippen LogP contribution >= 0.6 is 0 Å². The first-order valence-corrected chi connectivity index (χ1v) is 7.68. The molecular formula is C14H17N3O2S. The Morgan fingerprint density at radius 1 is 1.05 bits per heavy atom. The fourth-order valence-electron chi connectivity index (χ4n) is 2.26. The van der Waals surface area contributed by atoms with Crippen LogP contribution in [0, 0.1) is 27.7 Å². The predicted molar refractivity (Wildman–Crippen MR) is 78.2 cm³/mol. The monoisotopic (exact) mass is 291 g/mol. The van der Waals surface area contributed by atoms with Crippen molar-refractivity contribution < 1.29 is 8.42 Å². The first-order valence-electron chi connectivity index (χ1n) is 6.20. The van der Waals surface area contributed by atoms with Gasteiger partial charge in [-0.2, -0.15) is 0 Å². The van der Waals surface area contributed by atoms with Crippen molar-refractivity contribution in [2.45, 2.75) is 32.6 Å². The number of sulfonamides is 1. The van der Waals surface area contributed by atoms with Gasteiger partial charge in [0.15, 0.2) is 0 Å². The molecule has 2 rings (SSSR count). The second-order valence-corrected chi connectivity index (χ2v) is 6.47. The number of aryl methyl sites for hydroxylation is 4. The summed E-state index contributed by atoms with van der Waals surface area (Å²) in [4.78, 5) is 8.27. The van der Waals surface area contributed by atoms with E-state index in [4.69, 9.17) is 0 Å². The lowest BCUT2D eigenvalue weighted by Gasteiger charge is -2.13. The molecule has 2 aromatic rings. The Morgan fingerprint density at radius 3 is 2.20 bits per heavy atom. The topological polar surface area (TPSA) is 72.0 Å². The number of hydrogen-bond donors (Lipinski definition) is 1. The molecule has 1 aromatic heterocycles. The number of nitrogens with zero attached hydrogens (tertiary/aromatic N) is 2. The van der Waals surface area contributed by atoms with E-state index in [0.29, 0.717) is 16.8 Å². The van der Waals surface area contributed by atoms with Gasteiger partial charge in [0, 0.05) is 11.9 Å². The van der Waals surface area contributed by atoms with Crippen molar-refractivity contribution in [3.8, 4) is 0 Å². The van der Waals surface area contributed by atoms with Gasteiger partial charge in [0.25, 0.3) is 10.0 Å². The van der Waals surface area contributed by atoms with Crippen LogP contribution in [0.1, 0.15) is 22.4 Å². The Morgan fingerprint density at radius 2 is 1.65 bits per heavy atom. The van der Waals surface area contributed by atoms with E-state index >= 15 is 0 Å². The van der Waals surface area contributed by atoms with E-state index in [1.807, 2.05) is 19.1 Å². The Hall–Kier alpha value is -1.95. The average molecular weight is 291 g/mol. The Labute approximate surface area is 119 Å². The molecule has 20 heavy (non-hydrogen) atoms. The molecule has 0 bridgehead atoms. The maximum absolute atomic E-state index is 12.5. The van der Waals surface area contributed by atoms with Gasteiger partial charge in [-0.1, -0.05) is 17.7 Å². The van der Waals surface area contributed by atoms with Crippen molar-refractivity contribution in [3.05, 3.63) is 46.8 Å². The molecule has 1 N–H and O–H groups in total. The molecule has 1 heterocycles. The minimum Gasteiger partial charge on any atom is -0.247 e. The van der Waals surface area contributed by atoms with Crippen molar-refractivity contribution in [2.24, 2.45) is 0 Å². The smallest absolute Gasteiger partial charge is 0.247 e. The molecule has 0 amide bonds. The minimum absolute atomic E-state index is 0.0874. The Bertz CT molecular complexity index is 732. The molecule has 1 aromatic carbocycles. The standard InChI is InChI=1S/C14H17N3O2S/c1-9-7-10(2)13(11(3)8-9)20(18,19)17-14-15-6-5-12(4)16-14/h5-8H,1-4H3,(H,15,16,17). The number of rotatable bonds is 3. The SMILES string of the molecule is Cc1cc(C)c(S(=O)(=O)Nc2nccc(C)n2)c(C)c1. The zero-order chi connectivity index (χ0) is 14.9. The third-order valence-electron chi connectivity index (χ3n) is 2.89. The quantitative estimate of drug-likeness (QED) is 0.943. The van der Waals surface area contributed by atoms with E-state index < -0.39 is 10.0 Å². The maximum Gasteiger partial charge on any atom is 0.264 e. The fourth-order valence-corrected chi connectivity index (χ4v) is 3.67. The highest BCUT2D eigenvalue weighted by molar-refractivity contribution is 7.92. The molecule has 0 spiro atoms. The number of nitrogens with one attached hydrogen (secondary N) is 1. The fraction of sp³-hybridized carbons (Fsp3) is 0.286. The lowest BCUT2D eigenvalue weighted by atomic mass is 10.1. The van der Waals surface area contributed by atoms with Crippen molar-refractivity contribution in [1.82, 2.24) is 9.97 Å². The summed E-state index contributed by atoms with van der Waals surface area (Å²) in [6.07, 6.45) is 1.52. The first kappa shape index (κ1) is 14.5. The van der Waals surface area contributed by atoms with Crippen LogP contribution in [0.25, 0.3) is 0 Å². The molecule has 0 aliphatic rings. The van der Waals surface area contributed by atoms with Gasteiger partial charge < -0.3 is 0 Å². The van der Waals surface area contributed by atoms with Crippen LogP contribution in [0.5, 0.6) is 0 Å². The molecule has 0 radical (unpaired) electrons. The van der Waals surface area contributed by atoms with Gasteiger partial charge in [-0.3, -0.25) is 0 Å². The second kappa shape index (κ2) is 5.20. The largest absolute Gasteiger partial charge is 0.264 e. The molecule has 0 unspecified atom stereocenters. The van der Waals surface area contributed by atoms with E-state index in [9.17, 15) is 8.42 Å². The molecule has 0 aliphatic carbocycles. The van der Waals surface area contributed by atoms with E-state index in [-0.39, 0.29) is 10.8 Å². The van der Waals surface area contributed by atoms with Crippen molar-refractivity contribution in [2.75, 3.05) is 4.72 Å². The third kappa shape index (κ3) is 2.96. The van der Waals surface area contributed by atoms with Crippen LogP contribution in [0.4, 0.5) is 5.95 Å². The molecule has 5 nitrogen and oxygen atoms in total. The summed E-state index contributed by atoms with van der Waals surface area (Å²) in [5.74, 6) is 0.0874. The van der Waals surface area contributed by atoms with Crippen LogP contribution < -0.4 is 4.72 Å². The highest BCUT2D eigenvalue weighted by Crippen LogP contribution is 2.23. The average Bonchev–Trinajstić information content (AvgIpc) is 2.25. The summed E-state index contributed by atoms with van der Waals surface area (Å²) >= 11 is 0. The molecule has 0 atom stereocenters. The highest BCUT2D eigenvalue weighted by atomic mass is 32.2. The van der Waals surface area contributed by atoms with Crippen molar-refractivity contribution in [1.29, 1.82) is 0 Å². The predicted octanol–water partition coefficient (Wildman–Crippen LogP) is 2.51. The van der Waals surface area contributed by atoms with Crippen LogP contribution in [0.15, 0.2) is 29.3 Å². The summed E-state index contributed by atoms with van der Waals surface area (Å²) in [5.41, 5.74) is 3.16. The zero-order valence-corrected chi connectivity index (χ0v) is 12.7. The van der Waals surface area contributed by atoms with Crippen LogP contribution in [0.3, 0.4) is 0 Å². The van der Waals surface area contributed by atoms with Gasteiger partial charge in [0.2, 0.25) is 5.95 Å². The molecule has 0 aliphatic heterocycles. The second-order valence-electron chi connectivity index (χ2n) is 4.85. The number of hydrogen-bond acceptors (Lipinski definition) is 4. The zero-order valence-electron chi connectivity index (χ0n) is 11.9. The molecule has 106 valence electrons. The highest BCUT2D eigenvalue weighted by Gasteiger charge is 2.21. The van der Waals surface area contributed by atoms with Crippen LogP contribution in [-0.4, -0.2) is 18.4 Å². The van der Waals surface area contributed by atoms with E-state index in [1.165, 1.54) is 6.20 Å². The summed E-state index contributed by atoms with van der Waals surface area (Å²) in [7, 11) is -3.68. The Kier molecular flexibility index (Phi) is 3.76. The van der Waals surface area contributed by atoms with Crippen LogP contribution in [-0.2, 0) is 10.0 Å². The van der Waals surface area contributed by atoms with Gasteiger partial charge in [-0.05, 0) is 44.9 Å². The summed E-state index contributed by atoms with van der Waals surface area (Å²) in [6.45, 7) is 7.28. The Balaban J connectivity index is 2.46. The normalized spacial score (nSPS) is 11.4. The lowest BCUT2D eigenvalue weighted by Crippen LogP contribution is -2.17. The van der Waals surface area contributed by atoms with E-state index in [1.54, 1.807) is 26.8 Å². The maximum atomic E-state index is 12.5. The van der Waals surface area contributed by atoms with Crippen molar-refractivity contribution in [3.63, 3.8) is 0 Å².